The first-order valence-electron chi connectivity index (χ1n) is 6.15. The molecule has 0 aliphatic carbocycles. The van der Waals surface area contributed by atoms with Crippen LogP contribution in [0.5, 0.6) is 5.75 Å². The zero-order chi connectivity index (χ0) is 13.8. The van der Waals surface area contributed by atoms with E-state index in [9.17, 15) is 9.90 Å². The third-order valence-electron chi connectivity index (χ3n) is 2.97. The van der Waals surface area contributed by atoms with Crippen molar-refractivity contribution >= 4 is 11.9 Å². The minimum atomic E-state index is -0.154. The number of ketones is 1. The first-order chi connectivity index (χ1) is 9.08. The maximum absolute atomic E-state index is 12.2. The van der Waals surface area contributed by atoms with E-state index in [4.69, 9.17) is 0 Å². The third-order valence-corrected chi connectivity index (χ3v) is 2.97. The molecule has 0 aromatic heterocycles. The van der Waals surface area contributed by atoms with Crippen LogP contribution in [0.4, 0.5) is 0 Å². The van der Waals surface area contributed by atoms with Gasteiger partial charge >= 0.3 is 0 Å². The highest BCUT2D eigenvalue weighted by Gasteiger charge is 2.11. The van der Waals surface area contributed by atoms with E-state index in [1.807, 2.05) is 37.3 Å². The molecule has 2 heteroatoms. The topological polar surface area (TPSA) is 37.3 Å². The highest BCUT2D eigenvalue weighted by molar-refractivity contribution is 6.12. The number of aryl methyl sites for hydroxylation is 1. The van der Waals surface area contributed by atoms with Crippen LogP contribution in [0.1, 0.15) is 28.4 Å². The molecule has 0 atom stereocenters. The molecule has 0 bridgehead atoms. The average molecular weight is 252 g/mol. The number of phenols is 1. The standard InChI is InChI=1S/C17H16O2/c1-12-7-9-14(10-8-12)11-13(2)17(19)15-5-3-4-6-16(15)18/h3-11,18H,1-2H3/b13-11+. The van der Waals surface area contributed by atoms with Gasteiger partial charge in [0.25, 0.3) is 0 Å². The van der Waals surface area contributed by atoms with Crippen molar-refractivity contribution in [2.75, 3.05) is 0 Å². The van der Waals surface area contributed by atoms with E-state index < -0.39 is 0 Å². The maximum Gasteiger partial charge on any atom is 0.192 e. The number of carbonyl (C=O) groups is 1. The molecular formula is C17H16O2. The van der Waals surface area contributed by atoms with Crippen LogP contribution >= 0.6 is 0 Å². The summed E-state index contributed by atoms with van der Waals surface area (Å²) < 4.78 is 0. The Bertz CT molecular complexity index is 622. The monoisotopic (exact) mass is 252 g/mol. The smallest absolute Gasteiger partial charge is 0.192 e. The average Bonchev–Trinajstić information content (AvgIpc) is 2.41. The minimum Gasteiger partial charge on any atom is -0.507 e. The van der Waals surface area contributed by atoms with E-state index in [-0.39, 0.29) is 11.5 Å². The predicted molar refractivity (Wildman–Crippen MR) is 77.3 cm³/mol. The fourth-order valence-corrected chi connectivity index (χ4v) is 1.86. The van der Waals surface area contributed by atoms with Crippen molar-refractivity contribution < 1.29 is 9.90 Å². The van der Waals surface area contributed by atoms with Gasteiger partial charge in [-0.25, -0.2) is 0 Å². The molecule has 0 radical (unpaired) electrons. The number of para-hydroxylation sites is 1. The van der Waals surface area contributed by atoms with Crippen LogP contribution in [0.2, 0.25) is 0 Å². The molecule has 0 aliphatic heterocycles. The molecular weight excluding hydrogens is 236 g/mol. The van der Waals surface area contributed by atoms with Crippen LogP contribution in [0.25, 0.3) is 6.08 Å². The van der Waals surface area contributed by atoms with Gasteiger partial charge in [-0.3, -0.25) is 4.79 Å². The van der Waals surface area contributed by atoms with Crippen molar-refractivity contribution in [3.63, 3.8) is 0 Å². The fourth-order valence-electron chi connectivity index (χ4n) is 1.86. The third kappa shape index (κ3) is 3.10. The molecule has 0 fully saturated rings. The minimum absolute atomic E-state index is 0.0177. The maximum atomic E-state index is 12.2. The molecule has 0 unspecified atom stereocenters. The summed E-state index contributed by atoms with van der Waals surface area (Å²) in [4.78, 5) is 12.2. The quantitative estimate of drug-likeness (QED) is 0.662. The number of phenolic OH excluding ortho intramolecular Hbond substituents is 1. The Hall–Kier alpha value is -2.35. The van der Waals surface area contributed by atoms with Crippen molar-refractivity contribution in [3.05, 3.63) is 70.8 Å². The molecule has 2 aromatic carbocycles. The lowest BCUT2D eigenvalue weighted by Crippen LogP contribution is -2.00. The summed E-state index contributed by atoms with van der Waals surface area (Å²) in [7, 11) is 0. The molecule has 2 aromatic rings. The number of Topliss-reactive ketones (excluding diaryl/α,β-unsaturated/α-hetero) is 1. The number of benzene rings is 2. The number of hydrogen-bond acceptors (Lipinski definition) is 2. The summed E-state index contributed by atoms with van der Waals surface area (Å²) in [6.07, 6.45) is 1.83. The van der Waals surface area contributed by atoms with E-state index in [1.165, 1.54) is 11.6 Å². The van der Waals surface area contributed by atoms with Crippen molar-refractivity contribution in [1.29, 1.82) is 0 Å². The summed E-state index contributed by atoms with van der Waals surface area (Å²) in [5, 5.41) is 9.68. The fraction of sp³-hybridized carbons (Fsp3) is 0.118. The Morgan fingerprint density at radius 1 is 1.05 bits per heavy atom. The number of rotatable bonds is 3. The van der Waals surface area contributed by atoms with Gasteiger partial charge in [0.1, 0.15) is 5.75 Å². The van der Waals surface area contributed by atoms with Crippen molar-refractivity contribution in [2.45, 2.75) is 13.8 Å². The largest absolute Gasteiger partial charge is 0.507 e. The molecule has 0 amide bonds. The lowest BCUT2D eigenvalue weighted by Gasteiger charge is -2.04. The van der Waals surface area contributed by atoms with Crippen LogP contribution in [-0.2, 0) is 0 Å². The van der Waals surface area contributed by atoms with Gasteiger partial charge in [0.15, 0.2) is 5.78 Å². The zero-order valence-corrected chi connectivity index (χ0v) is 11.1. The number of allylic oxidation sites excluding steroid dienone is 1. The Kier molecular flexibility index (Phi) is 3.81. The van der Waals surface area contributed by atoms with Gasteiger partial charge in [-0.05, 0) is 43.2 Å². The number of carbonyl (C=O) groups excluding carboxylic acids is 1. The van der Waals surface area contributed by atoms with Crippen molar-refractivity contribution in [1.82, 2.24) is 0 Å². The summed E-state index contributed by atoms with van der Waals surface area (Å²) in [5.74, 6) is -0.136. The van der Waals surface area contributed by atoms with E-state index in [1.54, 1.807) is 25.1 Å². The first kappa shape index (κ1) is 13.1. The number of hydrogen-bond donors (Lipinski definition) is 1. The van der Waals surface area contributed by atoms with E-state index in [0.29, 0.717) is 11.1 Å². The van der Waals surface area contributed by atoms with Gasteiger partial charge in [-0.1, -0.05) is 42.0 Å². The Morgan fingerprint density at radius 2 is 1.68 bits per heavy atom. The predicted octanol–water partition coefficient (Wildman–Crippen LogP) is 3.99. The molecule has 96 valence electrons. The van der Waals surface area contributed by atoms with Crippen LogP contribution in [-0.4, -0.2) is 10.9 Å². The van der Waals surface area contributed by atoms with Gasteiger partial charge in [0.2, 0.25) is 0 Å². The second-order valence-electron chi connectivity index (χ2n) is 4.58. The molecule has 2 rings (SSSR count). The van der Waals surface area contributed by atoms with E-state index in [2.05, 4.69) is 0 Å². The van der Waals surface area contributed by atoms with E-state index >= 15 is 0 Å². The normalized spacial score (nSPS) is 11.4. The lowest BCUT2D eigenvalue weighted by molar-refractivity contribution is 0.103. The van der Waals surface area contributed by atoms with E-state index in [0.717, 1.165) is 5.56 Å². The zero-order valence-electron chi connectivity index (χ0n) is 11.1. The van der Waals surface area contributed by atoms with Crippen molar-refractivity contribution in [3.8, 4) is 5.75 Å². The Balaban J connectivity index is 2.29. The summed E-state index contributed by atoms with van der Waals surface area (Å²) in [6.45, 7) is 3.78. The SMILES string of the molecule is C/C(=C\c1ccc(C)cc1)C(=O)c1ccccc1O. The molecule has 0 saturated heterocycles. The Labute approximate surface area is 113 Å². The van der Waals surface area contributed by atoms with Crippen LogP contribution < -0.4 is 0 Å². The molecule has 0 heterocycles. The summed E-state index contributed by atoms with van der Waals surface area (Å²) in [5.41, 5.74) is 3.10. The van der Waals surface area contributed by atoms with Crippen LogP contribution in [0.15, 0.2) is 54.1 Å². The summed E-state index contributed by atoms with van der Waals surface area (Å²) in [6, 6.07) is 14.5. The molecule has 2 nitrogen and oxygen atoms in total. The van der Waals surface area contributed by atoms with Gasteiger partial charge in [-0.15, -0.1) is 0 Å². The highest BCUT2D eigenvalue weighted by Crippen LogP contribution is 2.20. The number of aromatic hydroxyl groups is 1. The highest BCUT2D eigenvalue weighted by atomic mass is 16.3. The molecule has 0 saturated carbocycles. The van der Waals surface area contributed by atoms with Gasteiger partial charge in [0, 0.05) is 0 Å². The molecule has 19 heavy (non-hydrogen) atoms. The molecule has 0 spiro atoms. The van der Waals surface area contributed by atoms with Gasteiger partial charge in [-0.2, -0.15) is 0 Å². The lowest BCUT2D eigenvalue weighted by atomic mass is 10.0. The first-order valence-corrected chi connectivity index (χ1v) is 6.15. The van der Waals surface area contributed by atoms with Crippen LogP contribution in [0, 0.1) is 6.92 Å². The molecule has 1 N–H and O–H groups in total. The van der Waals surface area contributed by atoms with Gasteiger partial charge in [0.05, 0.1) is 5.56 Å². The summed E-state index contributed by atoms with van der Waals surface area (Å²) >= 11 is 0. The second kappa shape index (κ2) is 5.53. The second-order valence-corrected chi connectivity index (χ2v) is 4.58. The van der Waals surface area contributed by atoms with Gasteiger partial charge < -0.3 is 5.11 Å². The Morgan fingerprint density at radius 3 is 2.32 bits per heavy atom. The van der Waals surface area contributed by atoms with Crippen LogP contribution in [0.3, 0.4) is 0 Å². The molecule has 0 aliphatic rings. The van der Waals surface area contributed by atoms with Crippen molar-refractivity contribution in [2.24, 2.45) is 0 Å².